The van der Waals surface area contributed by atoms with E-state index in [0.29, 0.717) is 30.5 Å². The first kappa shape index (κ1) is 16.1. The van der Waals surface area contributed by atoms with Crippen LogP contribution in [0.15, 0.2) is 18.7 Å². The van der Waals surface area contributed by atoms with Crippen LogP contribution in [0.4, 0.5) is 0 Å². The Morgan fingerprint density at radius 3 is 2.96 bits per heavy atom. The van der Waals surface area contributed by atoms with Gasteiger partial charge in [0.2, 0.25) is 6.79 Å². The van der Waals surface area contributed by atoms with Crippen LogP contribution in [-0.4, -0.2) is 31.8 Å². The van der Waals surface area contributed by atoms with Crippen LogP contribution >= 0.6 is 0 Å². The number of hydrogen-bond donors (Lipinski definition) is 1. The molecule has 1 aromatic carbocycles. The smallest absolute Gasteiger partial charge is 0.231 e. The summed E-state index contributed by atoms with van der Waals surface area (Å²) in [5.74, 6) is 1.38. The number of nitrogens with two attached hydrogens (primary N) is 1. The Balaban J connectivity index is 2.05. The third-order valence-corrected chi connectivity index (χ3v) is 3.95. The Morgan fingerprint density at radius 2 is 2.22 bits per heavy atom. The largest absolute Gasteiger partial charge is 0.489 e. The fraction of sp³-hybridized carbons (Fsp3) is 0.529. The highest BCUT2D eigenvalue weighted by atomic mass is 16.7. The topological polar surface area (TPSA) is 72.2 Å². The van der Waals surface area contributed by atoms with Gasteiger partial charge < -0.3 is 29.4 Å². The number of fused-ring (bicyclic) bond motifs is 1. The van der Waals surface area contributed by atoms with Gasteiger partial charge in [-0.05, 0) is 26.8 Å². The average Bonchev–Trinajstić information content (AvgIpc) is 2.97. The standard InChI is InChI=1S/C17H23NO5/c1-5-6-19-14-10(2)15-13(20-9-21-15)7-11(14)16-12(18)8-22-17(3,4)23-16/h5,7,12,16H,1,6,8-9,18H2,2-4H3/t12-,16-/m1/s1. The van der Waals surface area contributed by atoms with E-state index < -0.39 is 5.79 Å². The van der Waals surface area contributed by atoms with E-state index in [2.05, 4.69) is 6.58 Å². The molecule has 2 aliphatic rings. The van der Waals surface area contributed by atoms with Crippen molar-refractivity contribution < 1.29 is 23.7 Å². The molecule has 1 fully saturated rings. The molecule has 0 unspecified atom stereocenters. The Bertz CT molecular complexity index is 613. The normalized spacial score (nSPS) is 25.2. The van der Waals surface area contributed by atoms with Crippen LogP contribution in [0.3, 0.4) is 0 Å². The second-order valence-corrected chi connectivity index (χ2v) is 6.17. The Hall–Kier alpha value is -1.76. The molecular formula is C17H23NO5. The van der Waals surface area contributed by atoms with Crippen LogP contribution in [0.2, 0.25) is 0 Å². The number of hydrogen-bond acceptors (Lipinski definition) is 6. The lowest BCUT2D eigenvalue weighted by molar-refractivity contribution is -0.281. The van der Waals surface area contributed by atoms with Crippen molar-refractivity contribution in [2.24, 2.45) is 5.73 Å². The van der Waals surface area contributed by atoms with Gasteiger partial charge >= 0.3 is 0 Å². The van der Waals surface area contributed by atoms with Crippen molar-refractivity contribution in [2.75, 3.05) is 20.0 Å². The van der Waals surface area contributed by atoms with Crippen molar-refractivity contribution in [1.82, 2.24) is 0 Å². The number of ether oxygens (including phenoxy) is 5. The Kier molecular flexibility index (Phi) is 4.23. The molecule has 0 amide bonds. The predicted molar refractivity (Wildman–Crippen MR) is 84.8 cm³/mol. The van der Waals surface area contributed by atoms with Gasteiger partial charge in [-0.25, -0.2) is 0 Å². The molecule has 2 heterocycles. The summed E-state index contributed by atoms with van der Waals surface area (Å²) in [6.07, 6.45) is 1.34. The van der Waals surface area contributed by atoms with E-state index in [1.807, 2.05) is 26.8 Å². The molecule has 2 atom stereocenters. The van der Waals surface area contributed by atoms with Crippen LogP contribution in [0.1, 0.15) is 31.1 Å². The maximum Gasteiger partial charge on any atom is 0.231 e. The maximum atomic E-state index is 6.23. The molecule has 0 aliphatic carbocycles. The molecule has 126 valence electrons. The van der Waals surface area contributed by atoms with Crippen molar-refractivity contribution in [3.8, 4) is 17.2 Å². The first-order valence-electron chi connectivity index (χ1n) is 7.67. The fourth-order valence-corrected chi connectivity index (χ4v) is 2.87. The molecule has 3 rings (SSSR count). The molecule has 0 radical (unpaired) electrons. The van der Waals surface area contributed by atoms with Gasteiger partial charge in [0.15, 0.2) is 17.3 Å². The van der Waals surface area contributed by atoms with Crippen molar-refractivity contribution >= 4 is 0 Å². The molecular weight excluding hydrogens is 298 g/mol. The highest BCUT2D eigenvalue weighted by Crippen LogP contribution is 2.47. The van der Waals surface area contributed by atoms with Gasteiger partial charge in [0.05, 0.1) is 12.6 Å². The summed E-state index contributed by atoms with van der Waals surface area (Å²) in [5, 5.41) is 0. The minimum atomic E-state index is -0.708. The molecule has 0 saturated carbocycles. The number of benzene rings is 1. The van der Waals surface area contributed by atoms with Crippen LogP contribution in [0, 0.1) is 6.92 Å². The minimum absolute atomic E-state index is 0.201. The van der Waals surface area contributed by atoms with Crippen LogP contribution < -0.4 is 19.9 Å². The molecule has 0 aromatic heterocycles. The van der Waals surface area contributed by atoms with Crippen molar-refractivity contribution in [2.45, 2.75) is 38.7 Å². The van der Waals surface area contributed by atoms with E-state index in [-0.39, 0.29) is 18.9 Å². The van der Waals surface area contributed by atoms with Gasteiger partial charge in [0.25, 0.3) is 0 Å². The first-order valence-corrected chi connectivity index (χ1v) is 7.67. The molecule has 23 heavy (non-hydrogen) atoms. The van der Waals surface area contributed by atoms with Crippen molar-refractivity contribution in [1.29, 1.82) is 0 Å². The van der Waals surface area contributed by atoms with E-state index in [0.717, 1.165) is 11.1 Å². The Morgan fingerprint density at radius 1 is 1.43 bits per heavy atom. The summed E-state index contributed by atoms with van der Waals surface area (Å²) >= 11 is 0. The molecule has 2 aliphatic heterocycles. The summed E-state index contributed by atoms with van der Waals surface area (Å²) in [6, 6.07) is 1.59. The van der Waals surface area contributed by atoms with E-state index >= 15 is 0 Å². The van der Waals surface area contributed by atoms with Crippen LogP contribution in [-0.2, 0) is 9.47 Å². The molecule has 0 spiro atoms. The van der Waals surface area contributed by atoms with Gasteiger partial charge in [-0.15, -0.1) is 0 Å². The first-order chi connectivity index (χ1) is 10.9. The van der Waals surface area contributed by atoms with Crippen LogP contribution in [0.5, 0.6) is 17.2 Å². The lowest BCUT2D eigenvalue weighted by atomic mass is 9.97. The lowest BCUT2D eigenvalue weighted by Crippen LogP contribution is -2.48. The summed E-state index contributed by atoms with van der Waals surface area (Å²) < 4.78 is 28.6. The maximum absolute atomic E-state index is 6.23. The second kappa shape index (κ2) is 6.03. The predicted octanol–water partition coefficient (Wildman–Crippen LogP) is 2.44. The van der Waals surface area contributed by atoms with Gasteiger partial charge in [-0.3, -0.25) is 0 Å². The molecule has 2 N–H and O–H groups in total. The highest BCUT2D eigenvalue weighted by Gasteiger charge is 2.38. The molecule has 6 nitrogen and oxygen atoms in total. The summed E-state index contributed by atoms with van der Waals surface area (Å²) in [5.41, 5.74) is 7.94. The zero-order valence-corrected chi connectivity index (χ0v) is 13.8. The fourth-order valence-electron chi connectivity index (χ4n) is 2.87. The van der Waals surface area contributed by atoms with Gasteiger partial charge in [-0.2, -0.15) is 0 Å². The molecule has 1 aromatic rings. The molecule has 0 bridgehead atoms. The quantitative estimate of drug-likeness (QED) is 0.859. The zero-order valence-electron chi connectivity index (χ0n) is 13.8. The minimum Gasteiger partial charge on any atom is -0.489 e. The Labute approximate surface area is 136 Å². The lowest BCUT2D eigenvalue weighted by Gasteiger charge is -2.40. The average molecular weight is 321 g/mol. The van der Waals surface area contributed by atoms with E-state index in [4.69, 9.17) is 29.4 Å². The van der Waals surface area contributed by atoms with Crippen molar-refractivity contribution in [3.05, 3.63) is 29.8 Å². The summed E-state index contributed by atoms with van der Waals surface area (Å²) in [6.45, 7) is 10.4. The van der Waals surface area contributed by atoms with Crippen molar-refractivity contribution in [3.63, 3.8) is 0 Å². The second-order valence-electron chi connectivity index (χ2n) is 6.17. The summed E-state index contributed by atoms with van der Waals surface area (Å²) in [4.78, 5) is 0. The van der Waals surface area contributed by atoms with Gasteiger partial charge in [-0.1, -0.05) is 12.7 Å². The van der Waals surface area contributed by atoms with Gasteiger partial charge in [0.1, 0.15) is 18.5 Å². The zero-order chi connectivity index (χ0) is 16.6. The SMILES string of the molecule is C=CCOc1c([C@H]2OC(C)(C)OC[C@H]2N)cc2c(c1C)OCO2. The monoisotopic (exact) mass is 321 g/mol. The number of rotatable bonds is 4. The third kappa shape index (κ3) is 3.02. The van der Waals surface area contributed by atoms with E-state index in [1.165, 1.54) is 0 Å². The highest BCUT2D eigenvalue weighted by molar-refractivity contribution is 5.59. The summed E-state index contributed by atoms with van der Waals surface area (Å²) in [7, 11) is 0. The third-order valence-electron chi connectivity index (χ3n) is 3.95. The van der Waals surface area contributed by atoms with E-state index in [1.54, 1.807) is 6.08 Å². The van der Waals surface area contributed by atoms with Gasteiger partial charge in [0, 0.05) is 11.1 Å². The molecule has 1 saturated heterocycles. The molecule has 6 heteroatoms. The van der Waals surface area contributed by atoms with E-state index in [9.17, 15) is 0 Å². The van der Waals surface area contributed by atoms with Crippen LogP contribution in [0.25, 0.3) is 0 Å².